The van der Waals surface area contributed by atoms with E-state index in [1.54, 1.807) is 30.3 Å². The molecule has 0 aliphatic heterocycles. The molecule has 0 fully saturated rings. The molecule has 31 heavy (non-hydrogen) atoms. The van der Waals surface area contributed by atoms with Gasteiger partial charge in [-0.15, -0.1) is 0 Å². The van der Waals surface area contributed by atoms with Crippen molar-refractivity contribution in [2.24, 2.45) is 0 Å². The van der Waals surface area contributed by atoms with Crippen LogP contribution in [-0.4, -0.2) is 22.1 Å². The van der Waals surface area contributed by atoms with Gasteiger partial charge in [0.05, 0.1) is 11.3 Å². The van der Waals surface area contributed by atoms with E-state index in [2.05, 4.69) is 42.5 Å². The summed E-state index contributed by atoms with van der Waals surface area (Å²) in [6, 6.07) is 19.5. The second-order valence-electron chi connectivity index (χ2n) is 6.32. The Morgan fingerprint density at radius 1 is 1.00 bits per heavy atom. The topological polar surface area (TPSA) is 87.7 Å². The van der Waals surface area contributed by atoms with Crippen molar-refractivity contribution in [3.05, 3.63) is 92.4 Å². The Kier molecular flexibility index (Phi) is 7.78. The number of carboxylic acids is 1. The van der Waals surface area contributed by atoms with Gasteiger partial charge in [-0.1, -0.05) is 46.3 Å². The summed E-state index contributed by atoms with van der Waals surface area (Å²) in [5.74, 6) is -0.786. The zero-order valence-electron chi connectivity index (χ0n) is 15.9. The van der Waals surface area contributed by atoms with E-state index >= 15 is 0 Å². The molecule has 0 spiro atoms. The number of thiocarbonyl (C=S) groups is 1. The van der Waals surface area contributed by atoms with Crippen molar-refractivity contribution in [1.29, 1.82) is 0 Å². The molecular weight excluding hydrogens is 548 g/mol. The molecule has 0 aliphatic rings. The van der Waals surface area contributed by atoms with Gasteiger partial charge in [0, 0.05) is 14.5 Å². The van der Waals surface area contributed by atoms with Crippen LogP contribution < -0.4 is 15.4 Å². The van der Waals surface area contributed by atoms with Crippen LogP contribution in [0.25, 0.3) is 0 Å². The number of hydrogen-bond acceptors (Lipinski definition) is 4. The monoisotopic (exact) mass is 562 g/mol. The van der Waals surface area contributed by atoms with Gasteiger partial charge >= 0.3 is 5.97 Å². The molecule has 0 heterocycles. The first-order valence-corrected chi connectivity index (χ1v) is 10.9. The number of para-hydroxylation sites is 1. The molecule has 0 bridgehead atoms. The minimum absolute atomic E-state index is 0.000572. The van der Waals surface area contributed by atoms with Crippen molar-refractivity contribution in [3.8, 4) is 5.75 Å². The molecule has 0 radical (unpaired) electrons. The summed E-state index contributed by atoms with van der Waals surface area (Å²) in [7, 11) is 0. The van der Waals surface area contributed by atoms with E-state index in [1.165, 1.54) is 6.07 Å². The maximum absolute atomic E-state index is 12.5. The number of rotatable bonds is 6. The first kappa shape index (κ1) is 22.9. The van der Waals surface area contributed by atoms with Crippen LogP contribution in [-0.2, 0) is 6.61 Å². The molecule has 3 rings (SSSR count). The first-order chi connectivity index (χ1) is 14.8. The lowest BCUT2D eigenvalue weighted by atomic mass is 10.1. The quantitative estimate of drug-likeness (QED) is 0.338. The van der Waals surface area contributed by atoms with E-state index in [4.69, 9.17) is 17.0 Å². The zero-order chi connectivity index (χ0) is 22.4. The number of nitrogens with one attached hydrogen (secondary N) is 2. The SMILES string of the molecule is O=C(NC(=S)Nc1c(Br)cc(Br)cc1C(=O)O)c1ccc(COc2ccccc2)cc1. The molecule has 158 valence electrons. The number of benzene rings is 3. The number of hydrogen-bond donors (Lipinski definition) is 3. The van der Waals surface area contributed by atoms with Crippen LogP contribution in [0.2, 0.25) is 0 Å². The van der Waals surface area contributed by atoms with Gasteiger partial charge in [0.2, 0.25) is 0 Å². The lowest BCUT2D eigenvalue weighted by molar-refractivity contribution is 0.0697. The Balaban J connectivity index is 1.61. The fourth-order valence-electron chi connectivity index (χ4n) is 2.63. The molecule has 0 aliphatic carbocycles. The third-order valence-electron chi connectivity index (χ3n) is 4.12. The summed E-state index contributed by atoms with van der Waals surface area (Å²) in [6.45, 7) is 0.376. The van der Waals surface area contributed by atoms with E-state index in [1.807, 2.05) is 30.3 Å². The lowest BCUT2D eigenvalue weighted by Crippen LogP contribution is -2.34. The number of ether oxygens (including phenoxy) is 1. The number of halogens is 2. The molecule has 0 saturated heterocycles. The maximum atomic E-state index is 12.5. The van der Waals surface area contributed by atoms with Crippen molar-refractivity contribution in [2.75, 3.05) is 5.32 Å². The third kappa shape index (κ3) is 6.36. The Bertz CT molecular complexity index is 1120. The minimum Gasteiger partial charge on any atom is -0.489 e. The predicted molar refractivity (Wildman–Crippen MR) is 130 cm³/mol. The fraction of sp³-hybridized carbons (Fsp3) is 0.0455. The van der Waals surface area contributed by atoms with Crippen molar-refractivity contribution >= 4 is 66.8 Å². The van der Waals surface area contributed by atoms with Crippen LogP contribution in [0.3, 0.4) is 0 Å². The average Bonchev–Trinajstić information content (AvgIpc) is 2.75. The van der Waals surface area contributed by atoms with Gasteiger partial charge < -0.3 is 15.2 Å². The highest BCUT2D eigenvalue weighted by Crippen LogP contribution is 2.31. The summed E-state index contributed by atoms with van der Waals surface area (Å²) < 4.78 is 6.76. The normalized spacial score (nSPS) is 10.3. The van der Waals surface area contributed by atoms with Gasteiger partial charge in [0.15, 0.2) is 5.11 Å². The molecule has 3 N–H and O–H groups in total. The smallest absolute Gasteiger partial charge is 0.337 e. The molecule has 1 amide bonds. The standard InChI is InChI=1S/C22H16Br2N2O4S/c23-15-10-17(21(28)29)19(18(24)11-15)25-22(31)26-20(27)14-8-6-13(7-9-14)12-30-16-4-2-1-3-5-16/h1-11H,12H2,(H,28,29)(H2,25,26,27,31). The number of aromatic carboxylic acids is 1. The van der Waals surface area contributed by atoms with Gasteiger partial charge in [-0.05, 0) is 70.1 Å². The minimum atomic E-state index is -1.13. The second kappa shape index (κ2) is 10.5. The molecule has 0 atom stereocenters. The number of carbonyl (C=O) groups excluding carboxylic acids is 1. The first-order valence-electron chi connectivity index (χ1n) is 8.95. The van der Waals surface area contributed by atoms with Gasteiger partial charge in [-0.3, -0.25) is 10.1 Å². The summed E-state index contributed by atoms with van der Waals surface area (Å²) >= 11 is 11.7. The summed E-state index contributed by atoms with van der Waals surface area (Å²) in [6.07, 6.45) is 0. The third-order valence-corrected chi connectivity index (χ3v) is 5.40. The fourth-order valence-corrected chi connectivity index (χ4v) is 4.14. The van der Waals surface area contributed by atoms with E-state index < -0.39 is 11.9 Å². The Labute approximate surface area is 200 Å². The molecule has 9 heteroatoms. The average molecular weight is 564 g/mol. The molecule has 3 aromatic carbocycles. The number of carbonyl (C=O) groups is 2. The van der Waals surface area contributed by atoms with Crippen LogP contribution >= 0.6 is 44.1 Å². The Morgan fingerprint density at radius 2 is 1.68 bits per heavy atom. The van der Waals surface area contributed by atoms with Crippen molar-refractivity contribution in [2.45, 2.75) is 6.61 Å². The number of carboxylic acid groups (broad SMARTS) is 1. The van der Waals surface area contributed by atoms with Crippen LogP contribution in [0, 0.1) is 0 Å². The molecule has 0 saturated carbocycles. The van der Waals surface area contributed by atoms with Gasteiger partial charge in [0.25, 0.3) is 5.91 Å². The van der Waals surface area contributed by atoms with Gasteiger partial charge in [-0.2, -0.15) is 0 Å². The van der Waals surface area contributed by atoms with E-state index in [0.29, 0.717) is 21.1 Å². The molecule has 6 nitrogen and oxygen atoms in total. The van der Waals surface area contributed by atoms with Crippen LogP contribution in [0.4, 0.5) is 5.69 Å². The maximum Gasteiger partial charge on any atom is 0.337 e. The molecule has 0 aromatic heterocycles. The predicted octanol–water partition coefficient (Wildman–Crippen LogP) is 5.62. The van der Waals surface area contributed by atoms with Crippen LogP contribution in [0.5, 0.6) is 5.75 Å². The van der Waals surface area contributed by atoms with Gasteiger partial charge in [0.1, 0.15) is 12.4 Å². The van der Waals surface area contributed by atoms with E-state index in [0.717, 1.165) is 11.3 Å². The highest BCUT2D eigenvalue weighted by Gasteiger charge is 2.17. The zero-order valence-corrected chi connectivity index (χ0v) is 19.9. The molecule has 3 aromatic rings. The van der Waals surface area contributed by atoms with E-state index in [-0.39, 0.29) is 16.4 Å². The molecular formula is C22H16Br2N2O4S. The van der Waals surface area contributed by atoms with Gasteiger partial charge in [-0.25, -0.2) is 4.79 Å². The lowest BCUT2D eigenvalue weighted by Gasteiger charge is -2.14. The van der Waals surface area contributed by atoms with Crippen LogP contribution in [0.1, 0.15) is 26.3 Å². The van der Waals surface area contributed by atoms with Crippen molar-refractivity contribution < 1.29 is 19.4 Å². The van der Waals surface area contributed by atoms with Crippen molar-refractivity contribution in [3.63, 3.8) is 0 Å². The highest BCUT2D eigenvalue weighted by molar-refractivity contribution is 9.11. The van der Waals surface area contributed by atoms with Crippen molar-refractivity contribution in [1.82, 2.24) is 5.32 Å². The van der Waals surface area contributed by atoms with E-state index in [9.17, 15) is 14.7 Å². The number of anilines is 1. The highest BCUT2D eigenvalue weighted by atomic mass is 79.9. The Morgan fingerprint density at radius 3 is 2.32 bits per heavy atom. The second-order valence-corrected chi connectivity index (χ2v) is 8.50. The molecule has 0 unspecified atom stereocenters. The summed E-state index contributed by atoms with van der Waals surface area (Å²) in [5.41, 5.74) is 1.56. The van der Waals surface area contributed by atoms with Crippen LogP contribution in [0.15, 0.2) is 75.7 Å². The number of amides is 1. The summed E-state index contributed by atoms with van der Waals surface area (Å²) in [4.78, 5) is 24.0. The largest absolute Gasteiger partial charge is 0.489 e. The Hall–Kier alpha value is -2.75. The summed E-state index contributed by atoms with van der Waals surface area (Å²) in [5, 5.41) is 14.7.